The SMILES string of the molecule is COc1ccc2c(c1)CCc1c-2n[nH]c1C(=O)Nc1ccc(OC(F)(F)F)cc1. The molecule has 0 spiro atoms. The number of hydrogen-bond donors (Lipinski definition) is 2. The zero-order chi connectivity index (χ0) is 20.6. The lowest BCUT2D eigenvalue weighted by Gasteiger charge is -2.17. The largest absolute Gasteiger partial charge is 0.573 e. The first-order valence-corrected chi connectivity index (χ1v) is 8.76. The molecule has 4 rings (SSSR count). The van der Waals surface area contributed by atoms with Crippen LogP contribution in [-0.2, 0) is 12.8 Å². The molecular weight excluding hydrogens is 387 g/mol. The number of carbonyl (C=O) groups excluding carboxylic acids is 1. The summed E-state index contributed by atoms with van der Waals surface area (Å²) in [5, 5.41) is 9.74. The Bertz CT molecular complexity index is 1060. The van der Waals surface area contributed by atoms with Gasteiger partial charge in [0, 0.05) is 16.8 Å². The van der Waals surface area contributed by atoms with Crippen molar-refractivity contribution in [2.45, 2.75) is 19.2 Å². The second-order valence-corrected chi connectivity index (χ2v) is 6.48. The average molecular weight is 403 g/mol. The van der Waals surface area contributed by atoms with Gasteiger partial charge in [-0.2, -0.15) is 5.10 Å². The van der Waals surface area contributed by atoms with E-state index in [1.165, 1.54) is 12.1 Å². The molecule has 1 aliphatic carbocycles. The maximum atomic E-state index is 12.7. The fourth-order valence-electron chi connectivity index (χ4n) is 3.35. The minimum absolute atomic E-state index is 0.331. The molecule has 0 bridgehead atoms. The number of nitrogens with one attached hydrogen (secondary N) is 2. The third kappa shape index (κ3) is 3.89. The molecule has 0 fully saturated rings. The van der Waals surface area contributed by atoms with E-state index < -0.39 is 12.3 Å². The van der Waals surface area contributed by atoms with Gasteiger partial charge in [0.15, 0.2) is 0 Å². The second-order valence-electron chi connectivity index (χ2n) is 6.48. The van der Waals surface area contributed by atoms with Crippen molar-refractivity contribution in [3.05, 3.63) is 59.3 Å². The standard InChI is InChI=1S/C20H16F3N3O3/c1-28-14-7-9-15-11(10-14)2-8-16-17(15)25-26-18(16)19(27)24-12-3-5-13(6-4-12)29-20(21,22)23/h3-7,9-10H,2,8H2,1H3,(H,24,27)(H,25,26). The Balaban J connectivity index is 1.53. The fraction of sp³-hybridized carbons (Fsp3) is 0.200. The number of amides is 1. The van der Waals surface area contributed by atoms with Gasteiger partial charge < -0.3 is 14.8 Å². The number of halogens is 3. The molecule has 1 aliphatic rings. The molecule has 9 heteroatoms. The molecule has 150 valence electrons. The van der Waals surface area contributed by atoms with Crippen LogP contribution in [0.2, 0.25) is 0 Å². The molecule has 0 atom stereocenters. The predicted octanol–water partition coefficient (Wildman–Crippen LogP) is 4.33. The number of carbonyl (C=O) groups is 1. The number of hydrogen-bond acceptors (Lipinski definition) is 4. The van der Waals surface area contributed by atoms with Crippen LogP contribution in [0.25, 0.3) is 11.3 Å². The summed E-state index contributed by atoms with van der Waals surface area (Å²) in [6.07, 6.45) is -3.39. The van der Waals surface area contributed by atoms with E-state index in [1.807, 2.05) is 18.2 Å². The number of H-pyrrole nitrogens is 1. The summed E-state index contributed by atoms with van der Waals surface area (Å²) in [7, 11) is 1.61. The number of aromatic amines is 1. The molecule has 6 nitrogen and oxygen atoms in total. The summed E-state index contributed by atoms with van der Waals surface area (Å²) in [5.74, 6) is -0.0136. The third-order valence-electron chi connectivity index (χ3n) is 4.65. The normalized spacial score (nSPS) is 12.7. The van der Waals surface area contributed by atoms with Crippen molar-refractivity contribution >= 4 is 11.6 Å². The van der Waals surface area contributed by atoms with Gasteiger partial charge in [0.2, 0.25) is 0 Å². The third-order valence-corrected chi connectivity index (χ3v) is 4.65. The minimum atomic E-state index is -4.76. The molecule has 3 aromatic rings. The molecule has 0 aliphatic heterocycles. The monoisotopic (exact) mass is 403 g/mol. The first kappa shape index (κ1) is 18.9. The molecule has 1 heterocycles. The van der Waals surface area contributed by atoms with Crippen LogP contribution < -0.4 is 14.8 Å². The summed E-state index contributed by atoms with van der Waals surface area (Å²) >= 11 is 0. The number of fused-ring (bicyclic) bond motifs is 3. The van der Waals surface area contributed by atoms with Crippen molar-refractivity contribution in [3.63, 3.8) is 0 Å². The van der Waals surface area contributed by atoms with Gasteiger partial charge in [-0.15, -0.1) is 13.2 Å². The highest BCUT2D eigenvalue weighted by atomic mass is 19.4. The number of benzene rings is 2. The van der Waals surface area contributed by atoms with Crippen LogP contribution in [0.4, 0.5) is 18.9 Å². The first-order chi connectivity index (χ1) is 13.8. The van der Waals surface area contributed by atoms with E-state index in [-0.39, 0.29) is 5.75 Å². The molecule has 2 N–H and O–H groups in total. The summed E-state index contributed by atoms with van der Waals surface area (Å²) < 4.78 is 45.8. The minimum Gasteiger partial charge on any atom is -0.497 e. The Morgan fingerprint density at radius 3 is 2.52 bits per heavy atom. The van der Waals surface area contributed by atoms with E-state index in [1.54, 1.807) is 7.11 Å². The molecule has 2 aromatic carbocycles. The number of alkyl halides is 3. The van der Waals surface area contributed by atoms with Gasteiger partial charge in [0.05, 0.1) is 12.8 Å². The fourth-order valence-corrected chi connectivity index (χ4v) is 3.35. The van der Waals surface area contributed by atoms with Crippen LogP contribution >= 0.6 is 0 Å². The van der Waals surface area contributed by atoms with Crippen molar-refractivity contribution in [2.24, 2.45) is 0 Å². The zero-order valence-electron chi connectivity index (χ0n) is 15.3. The first-order valence-electron chi connectivity index (χ1n) is 8.76. The summed E-state index contributed by atoms with van der Waals surface area (Å²) in [4.78, 5) is 12.7. The van der Waals surface area contributed by atoms with E-state index in [2.05, 4.69) is 20.3 Å². The zero-order valence-corrected chi connectivity index (χ0v) is 15.3. The summed E-state index contributed by atoms with van der Waals surface area (Å²) in [6.45, 7) is 0. The second kappa shape index (κ2) is 7.16. The Morgan fingerprint density at radius 2 is 1.83 bits per heavy atom. The average Bonchev–Trinajstić information content (AvgIpc) is 3.12. The summed E-state index contributed by atoms with van der Waals surface area (Å²) in [6, 6.07) is 10.6. The Labute approximate surface area is 163 Å². The van der Waals surface area contributed by atoms with Crippen molar-refractivity contribution in [2.75, 3.05) is 12.4 Å². The number of ether oxygens (including phenoxy) is 2. The highest BCUT2D eigenvalue weighted by molar-refractivity contribution is 6.05. The van der Waals surface area contributed by atoms with Gasteiger partial charge in [0.1, 0.15) is 17.2 Å². The van der Waals surface area contributed by atoms with Crippen LogP contribution in [0.1, 0.15) is 21.6 Å². The summed E-state index contributed by atoms with van der Waals surface area (Å²) in [5.41, 5.74) is 4.22. The van der Waals surface area contributed by atoms with Crippen LogP contribution in [-0.4, -0.2) is 29.6 Å². The van der Waals surface area contributed by atoms with Gasteiger partial charge in [-0.3, -0.25) is 9.89 Å². The van der Waals surface area contributed by atoms with Crippen molar-refractivity contribution in [1.82, 2.24) is 10.2 Å². The van der Waals surface area contributed by atoms with Crippen molar-refractivity contribution < 1.29 is 27.4 Å². The van der Waals surface area contributed by atoms with Gasteiger partial charge in [-0.25, -0.2) is 0 Å². The smallest absolute Gasteiger partial charge is 0.497 e. The van der Waals surface area contributed by atoms with E-state index in [9.17, 15) is 18.0 Å². The number of aryl methyl sites for hydroxylation is 1. The van der Waals surface area contributed by atoms with E-state index in [0.717, 1.165) is 41.0 Å². The Hall–Kier alpha value is -3.49. The van der Waals surface area contributed by atoms with E-state index in [0.29, 0.717) is 23.5 Å². The number of nitrogens with zero attached hydrogens (tertiary/aromatic N) is 1. The lowest BCUT2D eigenvalue weighted by Crippen LogP contribution is -2.17. The van der Waals surface area contributed by atoms with Crippen LogP contribution in [0.3, 0.4) is 0 Å². The molecule has 29 heavy (non-hydrogen) atoms. The van der Waals surface area contributed by atoms with Crippen LogP contribution in [0.15, 0.2) is 42.5 Å². The van der Waals surface area contributed by atoms with Gasteiger partial charge in [0.25, 0.3) is 5.91 Å². The number of anilines is 1. The van der Waals surface area contributed by atoms with E-state index >= 15 is 0 Å². The molecule has 0 radical (unpaired) electrons. The topological polar surface area (TPSA) is 76.2 Å². The predicted molar refractivity (Wildman–Crippen MR) is 99.1 cm³/mol. The van der Waals surface area contributed by atoms with Crippen LogP contribution in [0.5, 0.6) is 11.5 Å². The van der Waals surface area contributed by atoms with Gasteiger partial charge >= 0.3 is 6.36 Å². The quantitative estimate of drug-likeness (QED) is 0.680. The lowest BCUT2D eigenvalue weighted by atomic mass is 9.89. The molecule has 1 amide bonds. The van der Waals surface area contributed by atoms with E-state index in [4.69, 9.17) is 4.74 Å². The highest BCUT2D eigenvalue weighted by Gasteiger charge is 2.31. The number of aromatic nitrogens is 2. The molecule has 0 unspecified atom stereocenters. The number of methoxy groups -OCH3 is 1. The molecule has 0 saturated heterocycles. The molecule has 0 saturated carbocycles. The highest BCUT2D eigenvalue weighted by Crippen LogP contribution is 2.35. The maximum Gasteiger partial charge on any atom is 0.573 e. The van der Waals surface area contributed by atoms with Crippen molar-refractivity contribution in [3.8, 4) is 22.8 Å². The van der Waals surface area contributed by atoms with Crippen molar-refractivity contribution in [1.29, 1.82) is 0 Å². The Morgan fingerprint density at radius 1 is 1.10 bits per heavy atom. The lowest BCUT2D eigenvalue weighted by molar-refractivity contribution is -0.274. The van der Waals surface area contributed by atoms with Gasteiger partial charge in [-0.05, 0) is 60.9 Å². The maximum absolute atomic E-state index is 12.7. The number of rotatable bonds is 4. The van der Waals surface area contributed by atoms with Gasteiger partial charge in [-0.1, -0.05) is 0 Å². The van der Waals surface area contributed by atoms with Crippen LogP contribution in [0, 0.1) is 0 Å². The molecule has 1 aromatic heterocycles. The Kier molecular flexibility index (Phi) is 4.65. The molecular formula is C20H16F3N3O3.